The van der Waals surface area contributed by atoms with Gasteiger partial charge in [0.25, 0.3) is 5.91 Å². The molecule has 1 amide bonds. The van der Waals surface area contributed by atoms with Gasteiger partial charge < -0.3 is 9.64 Å². The number of carbonyl (C=O) groups is 2. The van der Waals surface area contributed by atoms with E-state index in [1.54, 1.807) is 4.90 Å². The first-order valence-corrected chi connectivity index (χ1v) is 11.9. The number of nitrogens with zero attached hydrogens (tertiary/aromatic N) is 1. The summed E-state index contributed by atoms with van der Waals surface area (Å²) in [5, 5.41) is 0. The number of benzene rings is 1. The largest absolute Gasteiger partial charge is 0.455 e. The average molecular weight is 412 g/mol. The normalized spacial score (nSPS) is 21.0. The number of hydrogen-bond donors (Lipinski definition) is 0. The van der Waals surface area contributed by atoms with E-state index in [0.717, 1.165) is 23.3 Å². The molecular formula is C19H25NO5S2. The highest BCUT2D eigenvalue weighted by Gasteiger charge is 2.42. The lowest BCUT2D eigenvalue weighted by Gasteiger charge is -2.28. The van der Waals surface area contributed by atoms with E-state index in [2.05, 4.69) is 6.07 Å². The third kappa shape index (κ3) is 5.48. The SMILES string of the molecule is Cc1ccc(SCC(=O)OCC(=O)N(C2CC2)[C@@H]2CCS(=O)(=O)C2)c(C)c1. The summed E-state index contributed by atoms with van der Waals surface area (Å²) in [7, 11) is -3.06. The van der Waals surface area contributed by atoms with Crippen molar-refractivity contribution in [1.29, 1.82) is 0 Å². The van der Waals surface area contributed by atoms with Crippen molar-refractivity contribution < 1.29 is 22.7 Å². The van der Waals surface area contributed by atoms with Gasteiger partial charge in [0.2, 0.25) is 0 Å². The number of thioether (sulfide) groups is 1. The second-order valence-electron chi connectivity index (χ2n) is 7.31. The molecule has 2 aliphatic rings. The number of rotatable bonds is 7. The second kappa shape index (κ2) is 8.22. The third-order valence-corrected chi connectivity index (χ3v) is 7.76. The Hall–Kier alpha value is -1.54. The smallest absolute Gasteiger partial charge is 0.316 e. The number of amides is 1. The van der Waals surface area contributed by atoms with Crippen molar-refractivity contribution in [2.45, 2.75) is 50.1 Å². The van der Waals surface area contributed by atoms with Crippen molar-refractivity contribution in [3.05, 3.63) is 29.3 Å². The number of aryl methyl sites for hydroxylation is 2. The Morgan fingerprint density at radius 2 is 1.93 bits per heavy atom. The van der Waals surface area contributed by atoms with Crippen LogP contribution in [0.5, 0.6) is 0 Å². The predicted octanol–water partition coefficient (Wildman–Crippen LogP) is 2.12. The van der Waals surface area contributed by atoms with Crippen molar-refractivity contribution in [3.63, 3.8) is 0 Å². The molecule has 0 radical (unpaired) electrons. The van der Waals surface area contributed by atoms with Crippen LogP contribution in [-0.4, -0.2) is 61.1 Å². The quantitative estimate of drug-likeness (QED) is 0.505. The molecule has 0 N–H and O–H groups in total. The van der Waals surface area contributed by atoms with Gasteiger partial charge in [-0.15, -0.1) is 11.8 Å². The van der Waals surface area contributed by atoms with Crippen molar-refractivity contribution in [2.75, 3.05) is 23.9 Å². The van der Waals surface area contributed by atoms with Crippen LogP contribution in [0.1, 0.15) is 30.4 Å². The van der Waals surface area contributed by atoms with Gasteiger partial charge in [-0.2, -0.15) is 0 Å². The molecule has 1 aromatic carbocycles. The van der Waals surface area contributed by atoms with Gasteiger partial charge in [-0.3, -0.25) is 9.59 Å². The zero-order valence-corrected chi connectivity index (χ0v) is 17.3. The van der Waals surface area contributed by atoms with Crippen molar-refractivity contribution in [3.8, 4) is 0 Å². The first-order chi connectivity index (χ1) is 12.7. The predicted molar refractivity (Wildman–Crippen MR) is 105 cm³/mol. The van der Waals surface area contributed by atoms with E-state index in [9.17, 15) is 18.0 Å². The van der Waals surface area contributed by atoms with Crippen LogP contribution in [0.15, 0.2) is 23.1 Å². The Kier molecular flexibility index (Phi) is 6.15. The Morgan fingerprint density at radius 3 is 2.52 bits per heavy atom. The summed E-state index contributed by atoms with van der Waals surface area (Å²) in [6.45, 7) is 3.69. The number of carbonyl (C=O) groups excluding carboxylic acids is 2. The van der Waals surface area contributed by atoms with Crippen LogP contribution in [0.3, 0.4) is 0 Å². The molecule has 1 aliphatic carbocycles. The molecule has 1 aromatic rings. The van der Waals surface area contributed by atoms with E-state index in [-0.39, 0.29) is 41.9 Å². The molecule has 1 atom stereocenters. The fourth-order valence-electron chi connectivity index (χ4n) is 3.41. The van der Waals surface area contributed by atoms with Crippen LogP contribution in [0.25, 0.3) is 0 Å². The lowest BCUT2D eigenvalue weighted by molar-refractivity contribution is -0.151. The number of sulfone groups is 1. The van der Waals surface area contributed by atoms with Gasteiger partial charge in [-0.05, 0) is 44.7 Å². The van der Waals surface area contributed by atoms with Crippen LogP contribution < -0.4 is 0 Å². The molecular weight excluding hydrogens is 386 g/mol. The Labute approximate surface area is 164 Å². The highest BCUT2D eigenvalue weighted by Crippen LogP contribution is 2.32. The summed E-state index contributed by atoms with van der Waals surface area (Å²) in [6, 6.07) is 5.84. The van der Waals surface area contributed by atoms with Crippen LogP contribution in [-0.2, 0) is 24.2 Å². The molecule has 3 rings (SSSR count). The van der Waals surface area contributed by atoms with E-state index in [1.165, 1.54) is 17.3 Å². The zero-order chi connectivity index (χ0) is 19.6. The maximum atomic E-state index is 12.5. The molecule has 1 heterocycles. The van der Waals surface area contributed by atoms with E-state index in [0.29, 0.717) is 6.42 Å². The first-order valence-electron chi connectivity index (χ1n) is 9.12. The summed E-state index contributed by atoms with van der Waals surface area (Å²) in [5.41, 5.74) is 2.27. The van der Waals surface area contributed by atoms with Gasteiger partial charge in [0.05, 0.1) is 17.3 Å². The summed E-state index contributed by atoms with van der Waals surface area (Å²) in [5.74, 6) is -0.447. The van der Waals surface area contributed by atoms with Gasteiger partial charge in [-0.25, -0.2) is 8.42 Å². The standard InChI is InChI=1S/C19H25NO5S2/c1-13-3-6-17(14(2)9-13)26-11-19(22)25-10-18(21)20(15-4-5-15)16-7-8-27(23,24)12-16/h3,6,9,15-16H,4-5,7-8,10-12H2,1-2H3/t16-/m1/s1. The fourth-order valence-corrected chi connectivity index (χ4v) is 5.93. The van der Waals surface area contributed by atoms with Crippen LogP contribution in [0.2, 0.25) is 0 Å². The second-order valence-corrected chi connectivity index (χ2v) is 10.6. The fraction of sp³-hybridized carbons (Fsp3) is 0.579. The third-order valence-electron chi connectivity index (χ3n) is 4.86. The van der Waals surface area contributed by atoms with Gasteiger partial charge in [0.1, 0.15) is 0 Å². The minimum atomic E-state index is -3.06. The molecule has 0 bridgehead atoms. The molecule has 0 aromatic heterocycles. The molecule has 1 saturated carbocycles. The molecule has 6 nitrogen and oxygen atoms in total. The molecule has 2 fully saturated rings. The van der Waals surface area contributed by atoms with Crippen molar-refractivity contribution in [1.82, 2.24) is 4.90 Å². The molecule has 8 heteroatoms. The molecule has 0 unspecified atom stereocenters. The first kappa shape index (κ1) is 20.2. The molecule has 27 heavy (non-hydrogen) atoms. The lowest BCUT2D eigenvalue weighted by Crippen LogP contribution is -2.44. The molecule has 1 saturated heterocycles. The van der Waals surface area contributed by atoms with Crippen LogP contribution in [0, 0.1) is 13.8 Å². The van der Waals surface area contributed by atoms with Crippen molar-refractivity contribution >= 4 is 33.5 Å². The maximum absolute atomic E-state index is 12.5. The van der Waals surface area contributed by atoms with E-state index in [1.807, 2.05) is 26.0 Å². The molecule has 1 aliphatic heterocycles. The van der Waals surface area contributed by atoms with E-state index >= 15 is 0 Å². The number of esters is 1. The Morgan fingerprint density at radius 1 is 1.19 bits per heavy atom. The van der Waals surface area contributed by atoms with Gasteiger partial charge in [0, 0.05) is 17.0 Å². The minimum absolute atomic E-state index is 0.0196. The van der Waals surface area contributed by atoms with Crippen LogP contribution in [0.4, 0.5) is 0 Å². The topological polar surface area (TPSA) is 80.8 Å². The highest BCUT2D eigenvalue weighted by atomic mass is 32.2. The summed E-state index contributed by atoms with van der Waals surface area (Å²) in [4.78, 5) is 27.2. The maximum Gasteiger partial charge on any atom is 0.316 e. The van der Waals surface area contributed by atoms with Crippen molar-refractivity contribution in [2.24, 2.45) is 0 Å². The zero-order valence-electron chi connectivity index (χ0n) is 15.6. The van der Waals surface area contributed by atoms with E-state index in [4.69, 9.17) is 4.74 Å². The monoisotopic (exact) mass is 411 g/mol. The van der Waals surface area contributed by atoms with Crippen LogP contribution >= 0.6 is 11.8 Å². The minimum Gasteiger partial charge on any atom is -0.455 e. The van der Waals surface area contributed by atoms with Gasteiger partial charge in [0.15, 0.2) is 16.4 Å². The lowest BCUT2D eigenvalue weighted by atomic mass is 10.2. The van der Waals surface area contributed by atoms with Gasteiger partial charge >= 0.3 is 5.97 Å². The Bertz CT molecular complexity index is 833. The van der Waals surface area contributed by atoms with E-state index < -0.39 is 15.8 Å². The molecule has 148 valence electrons. The van der Waals surface area contributed by atoms with Gasteiger partial charge in [-0.1, -0.05) is 17.7 Å². The highest BCUT2D eigenvalue weighted by molar-refractivity contribution is 8.00. The Balaban J connectivity index is 1.49. The number of ether oxygens (including phenoxy) is 1. The summed E-state index contributed by atoms with van der Waals surface area (Å²) in [6.07, 6.45) is 2.25. The molecule has 0 spiro atoms. The summed E-state index contributed by atoms with van der Waals surface area (Å²) >= 11 is 1.39. The average Bonchev–Trinajstić information content (AvgIpc) is 3.35. The number of hydrogen-bond acceptors (Lipinski definition) is 6. The summed E-state index contributed by atoms with van der Waals surface area (Å²) < 4.78 is 28.6.